The van der Waals surface area contributed by atoms with Gasteiger partial charge in [0.25, 0.3) is 0 Å². The predicted molar refractivity (Wildman–Crippen MR) is 66.3 cm³/mol. The van der Waals surface area contributed by atoms with Gasteiger partial charge in [0.05, 0.1) is 6.10 Å². The Balaban J connectivity index is 1.77. The average molecular weight is 219 g/mol. The van der Waals surface area contributed by atoms with Gasteiger partial charge in [-0.05, 0) is 31.2 Å². The largest absolute Gasteiger partial charge is 0.381 e. The van der Waals surface area contributed by atoms with Crippen molar-refractivity contribution >= 4 is 0 Å². The molecular weight excluding hydrogens is 198 g/mol. The number of methoxy groups -OCH3 is 1. The smallest absolute Gasteiger partial charge is 0.0586 e. The zero-order chi connectivity index (χ0) is 11.2. The van der Waals surface area contributed by atoms with Gasteiger partial charge in [0.1, 0.15) is 0 Å². The third-order valence-electron chi connectivity index (χ3n) is 3.40. The highest BCUT2D eigenvalue weighted by molar-refractivity contribution is 5.14. The molecule has 0 bridgehead atoms. The van der Waals surface area contributed by atoms with Crippen LogP contribution in [0.2, 0.25) is 0 Å². The first kappa shape index (κ1) is 11.6. The lowest BCUT2D eigenvalue weighted by molar-refractivity contribution is 0.0586. The molecule has 1 aromatic carbocycles. The zero-order valence-electron chi connectivity index (χ0n) is 9.99. The van der Waals surface area contributed by atoms with E-state index in [0.717, 1.165) is 13.0 Å². The Bertz CT molecular complexity index is 299. The van der Waals surface area contributed by atoms with Gasteiger partial charge in [0, 0.05) is 19.7 Å². The van der Waals surface area contributed by atoms with E-state index in [2.05, 4.69) is 35.6 Å². The standard InChI is InChI=1S/C14H21NO/c1-16-14-9-5-8-13(10-14)15-11-12-6-3-2-4-7-12/h2-4,6-7,13-15H,5,8-11H2,1H3. The van der Waals surface area contributed by atoms with Gasteiger partial charge in [-0.3, -0.25) is 0 Å². The first-order valence-corrected chi connectivity index (χ1v) is 6.18. The van der Waals surface area contributed by atoms with Gasteiger partial charge < -0.3 is 10.1 Å². The first-order valence-electron chi connectivity index (χ1n) is 6.18. The maximum Gasteiger partial charge on any atom is 0.0586 e. The molecular formula is C14H21NO. The molecule has 88 valence electrons. The second kappa shape index (κ2) is 6.02. The molecule has 0 aliphatic heterocycles. The monoisotopic (exact) mass is 219 g/mol. The van der Waals surface area contributed by atoms with Crippen LogP contribution in [0, 0.1) is 0 Å². The van der Waals surface area contributed by atoms with Crippen molar-refractivity contribution in [2.45, 2.75) is 44.4 Å². The number of hydrogen-bond acceptors (Lipinski definition) is 2. The lowest BCUT2D eigenvalue weighted by Gasteiger charge is -2.29. The van der Waals surface area contributed by atoms with Crippen molar-refractivity contribution in [2.75, 3.05) is 7.11 Å². The van der Waals surface area contributed by atoms with Crippen LogP contribution in [0.5, 0.6) is 0 Å². The van der Waals surface area contributed by atoms with Crippen LogP contribution in [-0.2, 0) is 11.3 Å². The van der Waals surface area contributed by atoms with Gasteiger partial charge >= 0.3 is 0 Å². The van der Waals surface area contributed by atoms with Crippen molar-refractivity contribution < 1.29 is 4.74 Å². The molecule has 1 fully saturated rings. The molecule has 1 aliphatic carbocycles. The molecule has 0 saturated heterocycles. The van der Waals surface area contributed by atoms with E-state index in [9.17, 15) is 0 Å². The van der Waals surface area contributed by atoms with E-state index in [4.69, 9.17) is 4.74 Å². The van der Waals surface area contributed by atoms with E-state index in [-0.39, 0.29) is 0 Å². The molecule has 16 heavy (non-hydrogen) atoms. The van der Waals surface area contributed by atoms with Crippen LogP contribution >= 0.6 is 0 Å². The summed E-state index contributed by atoms with van der Waals surface area (Å²) in [6, 6.07) is 11.2. The quantitative estimate of drug-likeness (QED) is 0.840. The second-order valence-corrected chi connectivity index (χ2v) is 4.59. The normalized spacial score (nSPS) is 25.6. The number of nitrogens with one attached hydrogen (secondary N) is 1. The summed E-state index contributed by atoms with van der Waals surface area (Å²) in [6.45, 7) is 0.974. The summed E-state index contributed by atoms with van der Waals surface area (Å²) in [4.78, 5) is 0. The summed E-state index contributed by atoms with van der Waals surface area (Å²) < 4.78 is 5.43. The molecule has 1 N–H and O–H groups in total. The third kappa shape index (κ3) is 3.32. The highest BCUT2D eigenvalue weighted by Crippen LogP contribution is 2.20. The van der Waals surface area contributed by atoms with Crippen LogP contribution in [0.3, 0.4) is 0 Å². The van der Waals surface area contributed by atoms with Crippen molar-refractivity contribution in [2.24, 2.45) is 0 Å². The topological polar surface area (TPSA) is 21.3 Å². The Labute approximate surface area is 98.0 Å². The molecule has 2 nitrogen and oxygen atoms in total. The third-order valence-corrected chi connectivity index (χ3v) is 3.40. The summed E-state index contributed by atoms with van der Waals surface area (Å²) in [6.07, 6.45) is 5.41. The van der Waals surface area contributed by atoms with E-state index in [0.29, 0.717) is 12.1 Å². The molecule has 0 amide bonds. The molecule has 2 rings (SSSR count). The van der Waals surface area contributed by atoms with Gasteiger partial charge in [-0.25, -0.2) is 0 Å². The minimum absolute atomic E-state index is 0.460. The summed E-state index contributed by atoms with van der Waals surface area (Å²) in [5.74, 6) is 0. The maximum absolute atomic E-state index is 5.43. The molecule has 2 atom stereocenters. The van der Waals surface area contributed by atoms with Gasteiger partial charge in [-0.1, -0.05) is 30.3 Å². The molecule has 1 saturated carbocycles. The van der Waals surface area contributed by atoms with E-state index in [1.54, 1.807) is 0 Å². The lowest BCUT2D eigenvalue weighted by Crippen LogP contribution is -2.36. The molecule has 1 aromatic rings. The number of benzene rings is 1. The van der Waals surface area contributed by atoms with E-state index < -0.39 is 0 Å². The van der Waals surface area contributed by atoms with Crippen molar-refractivity contribution in [1.29, 1.82) is 0 Å². The predicted octanol–water partition coefficient (Wildman–Crippen LogP) is 2.73. The highest BCUT2D eigenvalue weighted by atomic mass is 16.5. The summed E-state index contributed by atoms with van der Waals surface area (Å²) in [7, 11) is 1.82. The van der Waals surface area contributed by atoms with Crippen LogP contribution in [0.4, 0.5) is 0 Å². The van der Waals surface area contributed by atoms with E-state index >= 15 is 0 Å². The zero-order valence-corrected chi connectivity index (χ0v) is 9.99. The fraction of sp³-hybridized carbons (Fsp3) is 0.571. The van der Waals surface area contributed by atoms with Crippen LogP contribution in [0.1, 0.15) is 31.2 Å². The van der Waals surface area contributed by atoms with Crippen LogP contribution in [-0.4, -0.2) is 19.3 Å². The highest BCUT2D eigenvalue weighted by Gasteiger charge is 2.20. The SMILES string of the molecule is COC1CCCC(NCc2ccccc2)C1. The summed E-state index contributed by atoms with van der Waals surface area (Å²) in [5.41, 5.74) is 1.36. The fourth-order valence-corrected chi connectivity index (χ4v) is 2.40. The van der Waals surface area contributed by atoms with Crippen LogP contribution in [0.15, 0.2) is 30.3 Å². The molecule has 0 spiro atoms. The van der Waals surface area contributed by atoms with Crippen molar-refractivity contribution in [3.05, 3.63) is 35.9 Å². The Kier molecular flexibility index (Phi) is 4.37. The van der Waals surface area contributed by atoms with Crippen LogP contribution in [0.25, 0.3) is 0 Å². The molecule has 1 aliphatic rings. The number of ether oxygens (including phenoxy) is 1. The van der Waals surface area contributed by atoms with Crippen molar-refractivity contribution in [1.82, 2.24) is 5.32 Å². The average Bonchev–Trinajstić information content (AvgIpc) is 2.38. The molecule has 2 heteroatoms. The minimum Gasteiger partial charge on any atom is -0.381 e. The van der Waals surface area contributed by atoms with Crippen molar-refractivity contribution in [3.63, 3.8) is 0 Å². The summed E-state index contributed by atoms with van der Waals surface area (Å²) >= 11 is 0. The molecule has 0 aromatic heterocycles. The second-order valence-electron chi connectivity index (χ2n) is 4.59. The fourth-order valence-electron chi connectivity index (χ4n) is 2.40. The Morgan fingerprint density at radius 1 is 1.25 bits per heavy atom. The van der Waals surface area contributed by atoms with E-state index in [1.807, 2.05) is 7.11 Å². The van der Waals surface area contributed by atoms with Gasteiger partial charge in [0.15, 0.2) is 0 Å². The Morgan fingerprint density at radius 2 is 2.06 bits per heavy atom. The minimum atomic E-state index is 0.460. The lowest BCUT2D eigenvalue weighted by atomic mass is 9.93. The van der Waals surface area contributed by atoms with Crippen LogP contribution < -0.4 is 5.32 Å². The molecule has 2 unspecified atom stereocenters. The van der Waals surface area contributed by atoms with Crippen molar-refractivity contribution in [3.8, 4) is 0 Å². The number of rotatable bonds is 4. The number of hydrogen-bond donors (Lipinski definition) is 1. The van der Waals surface area contributed by atoms with Gasteiger partial charge in [-0.15, -0.1) is 0 Å². The van der Waals surface area contributed by atoms with E-state index in [1.165, 1.54) is 24.8 Å². The van der Waals surface area contributed by atoms with Gasteiger partial charge in [-0.2, -0.15) is 0 Å². The summed E-state index contributed by atoms with van der Waals surface area (Å²) in [5, 5.41) is 3.62. The Morgan fingerprint density at radius 3 is 2.81 bits per heavy atom. The maximum atomic E-state index is 5.43. The first-order chi connectivity index (χ1) is 7.88. The molecule has 0 radical (unpaired) electrons. The Hall–Kier alpha value is -0.860. The van der Waals surface area contributed by atoms with Gasteiger partial charge in [0.2, 0.25) is 0 Å². The molecule has 0 heterocycles.